The van der Waals surface area contributed by atoms with Crippen molar-refractivity contribution in [3.63, 3.8) is 0 Å². The lowest BCUT2D eigenvalue weighted by atomic mass is 10.1. The number of hydrazine groups is 1. The summed E-state index contributed by atoms with van der Waals surface area (Å²) in [5, 5.41) is 0. The van der Waals surface area contributed by atoms with E-state index in [1.54, 1.807) is 0 Å². The van der Waals surface area contributed by atoms with Crippen molar-refractivity contribution < 1.29 is 13.2 Å². The molecule has 5 nitrogen and oxygen atoms in total. The molecule has 3 N–H and O–H groups in total. The molecule has 90 valence electrons. The molecule has 0 aliphatic carbocycles. The number of hydrogen-bond donors (Lipinski definition) is 2. The summed E-state index contributed by atoms with van der Waals surface area (Å²) in [6.45, 7) is 0.831. The first-order chi connectivity index (χ1) is 7.01. The first kappa shape index (κ1) is 12.9. The average Bonchev–Trinajstić information content (AvgIpc) is 2.62. The van der Waals surface area contributed by atoms with Gasteiger partial charge in [0, 0.05) is 18.9 Å². The van der Waals surface area contributed by atoms with Gasteiger partial charge in [-0.05, 0) is 25.7 Å². The summed E-state index contributed by atoms with van der Waals surface area (Å²) < 4.78 is 27.6. The van der Waals surface area contributed by atoms with Gasteiger partial charge in [-0.1, -0.05) is 0 Å². The minimum atomic E-state index is -2.96. The lowest BCUT2D eigenvalue weighted by Gasteiger charge is -2.16. The Hall–Kier alpha value is -0.170. The zero-order chi connectivity index (χ0) is 11.3. The van der Waals surface area contributed by atoms with E-state index in [1.165, 1.54) is 6.26 Å². The highest BCUT2D eigenvalue weighted by Gasteiger charge is 2.19. The van der Waals surface area contributed by atoms with Crippen molar-refractivity contribution in [2.45, 2.75) is 37.8 Å². The monoisotopic (exact) mass is 236 g/mol. The second kappa shape index (κ2) is 5.79. The zero-order valence-electron chi connectivity index (χ0n) is 9.11. The summed E-state index contributed by atoms with van der Waals surface area (Å²) in [4.78, 5) is 0. The molecule has 0 saturated carbocycles. The van der Waals surface area contributed by atoms with Gasteiger partial charge < -0.3 is 4.74 Å². The Labute approximate surface area is 91.3 Å². The summed E-state index contributed by atoms with van der Waals surface area (Å²) >= 11 is 0. The first-order valence-electron chi connectivity index (χ1n) is 5.26. The molecule has 2 atom stereocenters. The standard InChI is InChI=1S/C9H20N2O3S/c1-15(12,13)7-8(11-10)4-5-9-3-2-6-14-9/h8-9,11H,2-7,10H2,1H3. The van der Waals surface area contributed by atoms with Crippen LogP contribution in [-0.2, 0) is 14.6 Å². The van der Waals surface area contributed by atoms with Gasteiger partial charge in [-0.15, -0.1) is 0 Å². The number of nitrogens with one attached hydrogen (secondary N) is 1. The van der Waals surface area contributed by atoms with Gasteiger partial charge in [-0.25, -0.2) is 8.42 Å². The van der Waals surface area contributed by atoms with E-state index in [0.717, 1.165) is 32.3 Å². The van der Waals surface area contributed by atoms with Crippen molar-refractivity contribution in [2.24, 2.45) is 5.84 Å². The molecular weight excluding hydrogens is 216 g/mol. The van der Waals surface area contributed by atoms with E-state index in [2.05, 4.69) is 5.43 Å². The number of ether oxygens (including phenoxy) is 1. The summed E-state index contributed by atoms with van der Waals surface area (Å²) in [5.41, 5.74) is 2.55. The van der Waals surface area contributed by atoms with Gasteiger partial charge >= 0.3 is 0 Å². The van der Waals surface area contributed by atoms with Gasteiger partial charge in [0.15, 0.2) is 0 Å². The van der Waals surface area contributed by atoms with Crippen molar-refractivity contribution in [1.29, 1.82) is 0 Å². The highest BCUT2D eigenvalue weighted by atomic mass is 32.2. The van der Waals surface area contributed by atoms with Crippen molar-refractivity contribution >= 4 is 9.84 Å². The van der Waals surface area contributed by atoms with Crippen molar-refractivity contribution in [1.82, 2.24) is 5.43 Å². The van der Waals surface area contributed by atoms with Crippen LogP contribution in [0.1, 0.15) is 25.7 Å². The normalized spacial score (nSPS) is 24.3. The third-order valence-corrected chi connectivity index (χ3v) is 3.61. The predicted molar refractivity (Wildman–Crippen MR) is 59.0 cm³/mol. The Bertz CT molecular complexity index is 273. The van der Waals surface area contributed by atoms with E-state index in [-0.39, 0.29) is 11.8 Å². The van der Waals surface area contributed by atoms with Crippen LogP contribution < -0.4 is 11.3 Å². The van der Waals surface area contributed by atoms with Crippen molar-refractivity contribution in [3.8, 4) is 0 Å². The summed E-state index contributed by atoms with van der Waals surface area (Å²) in [6.07, 6.45) is 5.33. The highest BCUT2D eigenvalue weighted by molar-refractivity contribution is 7.90. The Kier molecular flexibility index (Phi) is 4.98. The molecule has 6 heteroatoms. The smallest absolute Gasteiger partial charge is 0.149 e. The molecule has 2 unspecified atom stereocenters. The Morgan fingerprint density at radius 3 is 2.80 bits per heavy atom. The first-order valence-corrected chi connectivity index (χ1v) is 7.33. The van der Waals surface area contributed by atoms with E-state index < -0.39 is 9.84 Å². The molecule has 0 amide bonds. The molecule has 0 bridgehead atoms. The molecule has 0 aromatic rings. The number of hydrogen-bond acceptors (Lipinski definition) is 5. The van der Waals surface area contributed by atoms with Gasteiger partial charge in [-0.2, -0.15) is 0 Å². The van der Waals surface area contributed by atoms with E-state index in [1.807, 2.05) is 0 Å². The van der Waals surface area contributed by atoms with E-state index in [4.69, 9.17) is 10.6 Å². The predicted octanol–water partition coefficient (Wildman–Crippen LogP) is -0.178. The van der Waals surface area contributed by atoms with Crippen LogP contribution in [0, 0.1) is 0 Å². The van der Waals surface area contributed by atoms with Crippen molar-refractivity contribution in [2.75, 3.05) is 18.6 Å². The number of sulfone groups is 1. The molecule has 15 heavy (non-hydrogen) atoms. The fourth-order valence-corrected chi connectivity index (χ4v) is 2.83. The third kappa shape index (κ3) is 5.46. The number of nitrogens with two attached hydrogens (primary N) is 1. The topological polar surface area (TPSA) is 81.4 Å². The SMILES string of the molecule is CS(=O)(=O)CC(CCC1CCCO1)NN. The Balaban J connectivity index is 2.27. The fourth-order valence-electron chi connectivity index (χ4n) is 1.84. The highest BCUT2D eigenvalue weighted by Crippen LogP contribution is 2.17. The Morgan fingerprint density at radius 1 is 1.60 bits per heavy atom. The van der Waals surface area contributed by atoms with E-state index >= 15 is 0 Å². The molecular formula is C9H20N2O3S. The molecule has 0 spiro atoms. The molecule has 1 heterocycles. The van der Waals surface area contributed by atoms with Crippen LogP contribution in [0.5, 0.6) is 0 Å². The summed E-state index contributed by atoms with van der Waals surface area (Å²) in [6, 6.07) is -0.163. The lowest BCUT2D eigenvalue weighted by Crippen LogP contribution is -2.40. The maximum Gasteiger partial charge on any atom is 0.149 e. The average molecular weight is 236 g/mol. The van der Waals surface area contributed by atoms with Gasteiger partial charge in [-0.3, -0.25) is 11.3 Å². The van der Waals surface area contributed by atoms with Crippen LogP contribution in [0.15, 0.2) is 0 Å². The van der Waals surface area contributed by atoms with Gasteiger partial charge in [0.1, 0.15) is 9.84 Å². The maximum absolute atomic E-state index is 11.1. The maximum atomic E-state index is 11.1. The molecule has 0 radical (unpaired) electrons. The third-order valence-electron chi connectivity index (χ3n) is 2.60. The molecule has 1 aliphatic heterocycles. The number of rotatable bonds is 6. The van der Waals surface area contributed by atoms with Crippen LogP contribution in [-0.4, -0.2) is 39.2 Å². The van der Waals surface area contributed by atoms with Crippen LogP contribution in [0.2, 0.25) is 0 Å². The Morgan fingerprint density at radius 2 is 2.33 bits per heavy atom. The second-order valence-corrected chi connectivity index (χ2v) is 6.35. The molecule has 0 aromatic heterocycles. The molecule has 0 aromatic carbocycles. The van der Waals surface area contributed by atoms with Crippen LogP contribution in [0.3, 0.4) is 0 Å². The van der Waals surface area contributed by atoms with Gasteiger partial charge in [0.05, 0.1) is 11.9 Å². The van der Waals surface area contributed by atoms with Crippen molar-refractivity contribution in [3.05, 3.63) is 0 Å². The summed E-state index contributed by atoms with van der Waals surface area (Å²) in [7, 11) is -2.96. The largest absolute Gasteiger partial charge is 0.378 e. The van der Waals surface area contributed by atoms with Crippen LogP contribution in [0.25, 0.3) is 0 Å². The minimum Gasteiger partial charge on any atom is -0.378 e. The molecule has 1 aliphatic rings. The summed E-state index contributed by atoms with van der Waals surface area (Å²) in [5.74, 6) is 5.40. The fraction of sp³-hybridized carbons (Fsp3) is 1.00. The van der Waals surface area contributed by atoms with Crippen LogP contribution in [0.4, 0.5) is 0 Å². The van der Waals surface area contributed by atoms with E-state index in [9.17, 15) is 8.42 Å². The quantitative estimate of drug-likeness (QED) is 0.494. The minimum absolute atomic E-state index is 0.0935. The second-order valence-electron chi connectivity index (χ2n) is 4.17. The van der Waals surface area contributed by atoms with Gasteiger partial charge in [0.25, 0.3) is 0 Å². The molecule has 1 fully saturated rings. The lowest BCUT2D eigenvalue weighted by molar-refractivity contribution is 0.100. The zero-order valence-corrected chi connectivity index (χ0v) is 9.92. The molecule has 1 rings (SSSR count). The van der Waals surface area contributed by atoms with E-state index in [0.29, 0.717) is 6.10 Å². The van der Waals surface area contributed by atoms with Gasteiger partial charge in [0.2, 0.25) is 0 Å². The van der Waals surface area contributed by atoms with Crippen LogP contribution >= 0.6 is 0 Å². The molecule has 1 saturated heterocycles.